The molecule has 0 bridgehead atoms. The third-order valence-electron chi connectivity index (χ3n) is 4.96. The summed E-state index contributed by atoms with van der Waals surface area (Å²) in [5, 5.41) is 2.92. The van der Waals surface area contributed by atoms with E-state index in [9.17, 15) is 9.59 Å². The van der Waals surface area contributed by atoms with Crippen LogP contribution in [0.25, 0.3) is 0 Å². The molecule has 0 saturated carbocycles. The molecule has 1 N–H and O–H groups in total. The molecule has 2 aromatic carbocycles. The Morgan fingerprint density at radius 1 is 0.967 bits per heavy atom. The van der Waals surface area contributed by atoms with Gasteiger partial charge in [0.25, 0.3) is 11.8 Å². The minimum absolute atomic E-state index is 0.0740. The van der Waals surface area contributed by atoms with Crippen molar-refractivity contribution < 1.29 is 14.3 Å². The van der Waals surface area contributed by atoms with E-state index in [1.807, 2.05) is 20.8 Å². The Morgan fingerprint density at radius 3 is 2.10 bits per heavy atom. The quantitative estimate of drug-likeness (QED) is 0.823. The normalized spacial score (nSPS) is 14.3. The summed E-state index contributed by atoms with van der Waals surface area (Å²) in [7, 11) is 1.79. The zero-order chi connectivity index (χ0) is 21.7. The van der Waals surface area contributed by atoms with Crippen LogP contribution in [0.5, 0.6) is 0 Å². The summed E-state index contributed by atoms with van der Waals surface area (Å²) in [6.45, 7) is 9.66. The first kappa shape index (κ1) is 21.8. The van der Waals surface area contributed by atoms with Crippen molar-refractivity contribution >= 4 is 17.5 Å². The lowest BCUT2D eigenvalue weighted by atomic mass is 10.1. The maximum Gasteiger partial charge on any atom is 0.253 e. The number of nitrogens with zero attached hydrogens (tertiary/aromatic N) is 2. The van der Waals surface area contributed by atoms with E-state index in [0.29, 0.717) is 17.7 Å². The van der Waals surface area contributed by atoms with Crippen molar-refractivity contribution in [3.63, 3.8) is 0 Å². The van der Waals surface area contributed by atoms with Crippen molar-refractivity contribution in [2.24, 2.45) is 0 Å². The lowest BCUT2D eigenvalue weighted by Crippen LogP contribution is -2.40. The average molecular weight is 410 g/mol. The number of rotatable bonds is 5. The van der Waals surface area contributed by atoms with Crippen molar-refractivity contribution in [1.29, 1.82) is 0 Å². The van der Waals surface area contributed by atoms with Crippen LogP contribution in [0, 0.1) is 0 Å². The molecule has 2 aromatic rings. The van der Waals surface area contributed by atoms with E-state index < -0.39 is 0 Å². The topological polar surface area (TPSA) is 61.9 Å². The van der Waals surface area contributed by atoms with Crippen LogP contribution in [0.1, 0.15) is 47.1 Å². The van der Waals surface area contributed by atoms with Gasteiger partial charge < -0.3 is 19.9 Å². The van der Waals surface area contributed by atoms with E-state index in [-0.39, 0.29) is 17.4 Å². The Labute approximate surface area is 178 Å². The highest BCUT2D eigenvalue weighted by molar-refractivity contribution is 5.98. The van der Waals surface area contributed by atoms with E-state index >= 15 is 0 Å². The SMILES string of the molecule is CN(Cc1ccc(N2CCOCC2)cc1)C(=O)c1ccc(C(=O)NC(C)(C)C)cc1. The van der Waals surface area contributed by atoms with E-state index in [1.165, 1.54) is 5.69 Å². The monoisotopic (exact) mass is 409 g/mol. The lowest BCUT2D eigenvalue weighted by Gasteiger charge is -2.29. The zero-order valence-electron chi connectivity index (χ0n) is 18.3. The minimum Gasteiger partial charge on any atom is -0.378 e. The number of carbonyl (C=O) groups is 2. The van der Waals surface area contributed by atoms with Crippen molar-refractivity contribution in [2.45, 2.75) is 32.9 Å². The smallest absolute Gasteiger partial charge is 0.253 e. The van der Waals surface area contributed by atoms with Gasteiger partial charge in [0.05, 0.1) is 13.2 Å². The minimum atomic E-state index is -0.302. The fourth-order valence-corrected chi connectivity index (χ4v) is 3.38. The molecule has 30 heavy (non-hydrogen) atoms. The number of amides is 2. The molecular weight excluding hydrogens is 378 g/mol. The molecule has 1 saturated heterocycles. The van der Waals surface area contributed by atoms with Crippen LogP contribution in [-0.4, -0.2) is 55.6 Å². The van der Waals surface area contributed by atoms with Crippen LogP contribution >= 0.6 is 0 Å². The van der Waals surface area contributed by atoms with E-state index in [0.717, 1.165) is 31.9 Å². The fourth-order valence-electron chi connectivity index (χ4n) is 3.38. The summed E-state index contributed by atoms with van der Waals surface area (Å²) in [6, 6.07) is 15.1. The number of hydrogen-bond donors (Lipinski definition) is 1. The highest BCUT2D eigenvalue weighted by atomic mass is 16.5. The maximum atomic E-state index is 12.8. The number of hydrogen-bond acceptors (Lipinski definition) is 4. The Balaban J connectivity index is 1.59. The number of nitrogens with one attached hydrogen (secondary N) is 1. The second-order valence-electron chi connectivity index (χ2n) is 8.71. The highest BCUT2D eigenvalue weighted by Gasteiger charge is 2.17. The summed E-state index contributed by atoms with van der Waals surface area (Å²) in [5.74, 6) is -0.217. The van der Waals surface area contributed by atoms with Gasteiger partial charge in [-0.15, -0.1) is 0 Å². The number of morpholine rings is 1. The van der Waals surface area contributed by atoms with Gasteiger partial charge in [-0.2, -0.15) is 0 Å². The third-order valence-corrected chi connectivity index (χ3v) is 4.96. The first-order valence-electron chi connectivity index (χ1n) is 10.3. The summed E-state index contributed by atoms with van der Waals surface area (Å²) in [5.41, 5.74) is 3.06. The standard InChI is InChI=1S/C24H31N3O3/c1-24(2,3)25-22(28)19-7-9-20(10-8-19)23(29)26(4)17-18-5-11-21(12-6-18)27-13-15-30-16-14-27/h5-12H,13-17H2,1-4H3,(H,25,28). The van der Waals surface area contributed by atoms with Crippen LogP contribution < -0.4 is 10.2 Å². The van der Waals surface area contributed by atoms with Crippen molar-refractivity contribution in [2.75, 3.05) is 38.3 Å². The molecule has 3 rings (SSSR count). The third kappa shape index (κ3) is 5.83. The van der Waals surface area contributed by atoms with Crippen molar-refractivity contribution in [1.82, 2.24) is 10.2 Å². The van der Waals surface area contributed by atoms with Gasteiger partial charge >= 0.3 is 0 Å². The molecule has 0 unspecified atom stereocenters. The fraction of sp³-hybridized carbons (Fsp3) is 0.417. The van der Waals surface area contributed by atoms with E-state index in [4.69, 9.17) is 4.74 Å². The zero-order valence-corrected chi connectivity index (χ0v) is 18.3. The molecule has 0 aromatic heterocycles. The highest BCUT2D eigenvalue weighted by Crippen LogP contribution is 2.18. The first-order valence-corrected chi connectivity index (χ1v) is 10.3. The predicted octanol–water partition coefficient (Wildman–Crippen LogP) is 3.32. The summed E-state index contributed by atoms with van der Waals surface area (Å²) < 4.78 is 5.40. The van der Waals surface area contributed by atoms with E-state index in [1.54, 1.807) is 36.2 Å². The van der Waals surface area contributed by atoms with Crippen LogP contribution in [0.2, 0.25) is 0 Å². The molecule has 1 aliphatic rings. The summed E-state index contributed by atoms with van der Waals surface area (Å²) in [4.78, 5) is 29.0. The molecular formula is C24H31N3O3. The maximum absolute atomic E-state index is 12.8. The Kier molecular flexibility index (Phi) is 6.77. The molecule has 0 aliphatic carbocycles. The lowest BCUT2D eigenvalue weighted by molar-refractivity contribution is 0.0784. The number of anilines is 1. The van der Waals surface area contributed by atoms with Crippen molar-refractivity contribution in [3.8, 4) is 0 Å². The van der Waals surface area contributed by atoms with Gasteiger partial charge in [-0.1, -0.05) is 12.1 Å². The molecule has 2 amide bonds. The molecule has 160 valence electrons. The molecule has 6 nitrogen and oxygen atoms in total. The predicted molar refractivity (Wildman–Crippen MR) is 119 cm³/mol. The van der Waals surface area contributed by atoms with Crippen LogP contribution in [0.4, 0.5) is 5.69 Å². The summed E-state index contributed by atoms with van der Waals surface area (Å²) in [6.07, 6.45) is 0. The van der Waals surface area contributed by atoms with Gasteiger partial charge in [0.1, 0.15) is 0 Å². The number of ether oxygens (including phenoxy) is 1. The first-order chi connectivity index (χ1) is 14.2. The van der Waals surface area contributed by atoms with Crippen LogP contribution in [0.3, 0.4) is 0 Å². The molecule has 0 spiro atoms. The Bertz CT molecular complexity index is 864. The van der Waals surface area contributed by atoms with Gasteiger partial charge in [-0.05, 0) is 62.7 Å². The molecule has 1 aliphatic heterocycles. The van der Waals surface area contributed by atoms with Gasteiger partial charge in [0.15, 0.2) is 0 Å². The van der Waals surface area contributed by atoms with Gasteiger partial charge in [0, 0.05) is 49.0 Å². The van der Waals surface area contributed by atoms with Crippen molar-refractivity contribution in [3.05, 3.63) is 65.2 Å². The van der Waals surface area contributed by atoms with Gasteiger partial charge in [0.2, 0.25) is 0 Å². The second-order valence-corrected chi connectivity index (χ2v) is 8.71. The molecule has 0 radical (unpaired) electrons. The largest absolute Gasteiger partial charge is 0.378 e. The van der Waals surface area contributed by atoms with Crippen LogP contribution in [0.15, 0.2) is 48.5 Å². The number of carbonyl (C=O) groups excluding carboxylic acids is 2. The number of benzene rings is 2. The van der Waals surface area contributed by atoms with Gasteiger partial charge in [-0.25, -0.2) is 0 Å². The average Bonchev–Trinajstić information content (AvgIpc) is 2.73. The molecule has 0 atom stereocenters. The second kappa shape index (κ2) is 9.30. The summed E-state index contributed by atoms with van der Waals surface area (Å²) >= 11 is 0. The molecule has 1 heterocycles. The Hall–Kier alpha value is -2.86. The Morgan fingerprint density at radius 2 is 1.53 bits per heavy atom. The molecule has 6 heteroatoms. The van der Waals surface area contributed by atoms with Gasteiger partial charge in [-0.3, -0.25) is 9.59 Å². The van der Waals surface area contributed by atoms with Crippen LogP contribution in [-0.2, 0) is 11.3 Å². The molecule has 1 fully saturated rings. The van der Waals surface area contributed by atoms with E-state index in [2.05, 4.69) is 34.5 Å².